The molecule has 1 saturated heterocycles. The fraction of sp³-hybridized carbons (Fsp3) is 0.174. The number of rotatable bonds is 4. The fourth-order valence-corrected chi connectivity index (χ4v) is 3.59. The first-order chi connectivity index (χ1) is 14.0. The molecule has 146 valence electrons. The van der Waals surface area contributed by atoms with Crippen LogP contribution in [-0.4, -0.2) is 26.7 Å². The maximum absolute atomic E-state index is 13.0. The minimum absolute atomic E-state index is 0.0228. The number of Topliss-reactive ketones (excluding diaryl/α,β-unsaturated/α-hetero) is 1. The van der Waals surface area contributed by atoms with Gasteiger partial charge in [-0.1, -0.05) is 23.8 Å². The number of benzene rings is 1. The zero-order valence-electron chi connectivity index (χ0n) is 16.1. The number of pyridine rings is 1. The average Bonchev–Trinajstić information content (AvgIpc) is 3.33. The van der Waals surface area contributed by atoms with E-state index in [1.54, 1.807) is 36.5 Å². The monoisotopic (exact) mass is 388 g/mol. The Hall–Kier alpha value is -3.67. The predicted octanol–water partition coefficient (Wildman–Crippen LogP) is 3.91. The van der Waals surface area contributed by atoms with E-state index in [-0.39, 0.29) is 17.9 Å². The lowest BCUT2D eigenvalue weighted by Gasteiger charge is -2.23. The second-order valence-corrected chi connectivity index (χ2v) is 7.08. The predicted molar refractivity (Wildman–Crippen MR) is 107 cm³/mol. The van der Waals surface area contributed by atoms with E-state index in [1.165, 1.54) is 11.2 Å². The Kier molecular flexibility index (Phi) is 4.76. The van der Waals surface area contributed by atoms with E-state index in [0.29, 0.717) is 17.0 Å². The topological polar surface area (TPSA) is 83.6 Å². The summed E-state index contributed by atoms with van der Waals surface area (Å²) >= 11 is 0. The van der Waals surface area contributed by atoms with Crippen molar-refractivity contribution in [1.29, 1.82) is 0 Å². The molecule has 1 atom stereocenters. The van der Waals surface area contributed by atoms with Gasteiger partial charge >= 0.3 is 0 Å². The molecule has 1 aliphatic heterocycles. The minimum atomic E-state index is -0.827. The summed E-state index contributed by atoms with van der Waals surface area (Å²) in [5.74, 6) is -1.22. The van der Waals surface area contributed by atoms with Gasteiger partial charge in [-0.15, -0.1) is 0 Å². The van der Waals surface area contributed by atoms with E-state index < -0.39 is 17.7 Å². The van der Waals surface area contributed by atoms with E-state index in [0.717, 1.165) is 11.1 Å². The Balaban J connectivity index is 1.87. The number of nitrogens with zero attached hydrogens (tertiary/aromatic N) is 2. The van der Waals surface area contributed by atoms with Crippen molar-refractivity contribution in [2.45, 2.75) is 26.4 Å². The van der Waals surface area contributed by atoms with Gasteiger partial charge in [-0.05, 0) is 49.7 Å². The SMILES string of the molecule is Cc1ccc(C)c(/C(O)=C2/C(=O)C(=O)N(Cc3ccccn3)C2c2ccco2)c1. The first kappa shape index (κ1) is 18.7. The van der Waals surface area contributed by atoms with Crippen molar-refractivity contribution < 1.29 is 19.1 Å². The molecule has 0 radical (unpaired) electrons. The van der Waals surface area contributed by atoms with E-state index in [2.05, 4.69) is 4.98 Å². The Morgan fingerprint density at radius 1 is 1.14 bits per heavy atom. The Morgan fingerprint density at radius 3 is 2.66 bits per heavy atom. The van der Waals surface area contributed by atoms with E-state index in [4.69, 9.17) is 4.42 Å². The number of hydrogen-bond donors (Lipinski definition) is 1. The second-order valence-electron chi connectivity index (χ2n) is 7.08. The summed E-state index contributed by atoms with van der Waals surface area (Å²) < 4.78 is 5.54. The molecule has 3 heterocycles. The maximum atomic E-state index is 13.0. The van der Waals surface area contributed by atoms with Crippen LogP contribution in [0.1, 0.15) is 34.2 Å². The third-order valence-corrected chi connectivity index (χ3v) is 5.06. The number of carbonyl (C=O) groups excluding carboxylic acids is 2. The van der Waals surface area contributed by atoms with Crippen LogP contribution in [0.15, 0.2) is 71.0 Å². The van der Waals surface area contributed by atoms with Crippen LogP contribution in [0.5, 0.6) is 0 Å². The van der Waals surface area contributed by atoms with Crippen molar-refractivity contribution in [1.82, 2.24) is 9.88 Å². The molecule has 6 nitrogen and oxygen atoms in total. The summed E-state index contributed by atoms with van der Waals surface area (Å²) in [6.45, 7) is 3.88. The molecular weight excluding hydrogens is 368 g/mol. The highest BCUT2D eigenvalue weighted by Crippen LogP contribution is 2.40. The van der Waals surface area contributed by atoms with Crippen LogP contribution in [0.3, 0.4) is 0 Å². The molecule has 1 fully saturated rings. The molecule has 1 N–H and O–H groups in total. The molecule has 0 saturated carbocycles. The van der Waals surface area contributed by atoms with E-state index in [1.807, 2.05) is 32.0 Å². The van der Waals surface area contributed by atoms with Crippen molar-refractivity contribution in [3.63, 3.8) is 0 Å². The second kappa shape index (κ2) is 7.39. The number of aliphatic hydroxyl groups is 1. The smallest absolute Gasteiger partial charge is 0.296 e. The summed E-state index contributed by atoms with van der Waals surface area (Å²) in [5, 5.41) is 11.1. The molecule has 1 amide bonds. The highest BCUT2D eigenvalue weighted by Gasteiger charge is 2.47. The summed E-state index contributed by atoms with van der Waals surface area (Å²) in [4.78, 5) is 31.5. The quantitative estimate of drug-likeness (QED) is 0.416. The first-order valence-electron chi connectivity index (χ1n) is 9.26. The van der Waals surface area contributed by atoms with Crippen molar-refractivity contribution >= 4 is 17.4 Å². The summed E-state index contributed by atoms with van der Waals surface area (Å²) in [6.07, 6.45) is 3.11. The van der Waals surface area contributed by atoms with Gasteiger partial charge in [-0.3, -0.25) is 14.6 Å². The van der Waals surface area contributed by atoms with Gasteiger partial charge in [0.2, 0.25) is 0 Å². The van der Waals surface area contributed by atoms with Crippen LogP contribution < -0.4 is 0 Å². The average molecular weight is 388 g/mol. The van der Waals surface area contributed by atoms with Crippen LogP contribution in [-0.2, 0) is 16.1 Å². The number of carbonyl (C=O) groups is 2. The zero-order chi connectivity index (χ0) is 20.5. The molecule has 1 unspecified atom stereocenters. The highest BCUT2D eigenvalue weighted by molar-refractivity contribution is 6.46. The van der Waals surface area contributed by atoms with E-state index in [9.17, 15) is 14.7 Å². The number of amides is 1. The van der Waals surface area contributed by atoms with Crippen LogP contribution in [0.25, 0.3) is 5.76 Å². The molecule has 0 aliphatic carbocycles. The van der Waals surface area contributed by atoms with Gasteiger partial charge in [-0.25, -0.2) is 0 Å². The van der Waals surface area contributed by atoms with Gasteiger partial charge in [0, 0.05) is 11.8 Å². The van der Waals surface area contributed by atoms with Gasteiger partial charge in [0.15, 0.2) is 0 Å². The molecule has 2 aromatic heterocycles. The molecule has 6 heteroatoms. The number of ketones is 1. The number of aliphatic hydroxyl groups excluding tert-OH is 1. The summed E-state index contributed by atoms with van der Waals surface area (Å²) in [5.41, 5.74) is 2.93. The van der Waals surface area contributed by atoms with Gasteiger partial charge in [-0.2, -0.15) is 0 Å². The molecule has 4 rings (SSSR count). The van der Waals surface area contributed by atoms with Crippen molar-refractivity contribution in [2.24, 2.45) is 0 Å². The number of furan rings is 1. The van der Waals surface area contributed by atoms with Gasteiger partial charge < -0.3 is 14.4 Å². The molecular formula is C23H20N2O4. The molecule has 0 bridgehead atoms. The molecule has 3 aromatic rings. The largest absolute Gasteiger partial charge is 0.507 e. The van der Waals surface area contributed by atoms with Crippen LogP contribution in [0, 0.1) is 13.8 Å². The van der Waals surface area contributed by atoms with Crippen molar-refractivity contribution in [2.75, 3.05) is 0 Å². The van der Waals surface area contributed by atoms with Gasteiger partial charge in [0.25, 0.3) is 11.7 Å². The van der Waals surface area contributed by atoms with Gasteiger partial charge in [0.05, 0.1) is 24.1 Å². The minimum Gasteiger partial charge on any atom is -0.507 e. The lowest BCUT2D eigenvalue weighted by atomic mass is 9.96. The molecule has 1 aliphatic rings. The third kappa shape index (κ3) is 3.33. The molecule has 29 heavy (non-hydrogen) atoms. The third-order valence-electron chi connectivity index (χ3n) is 5.06. The molecule has 1 aromatic carbocycles. The lowest BCUT2D eigenvalue weighted by molar-refractivity contribution is -0.140. The Morgan fingerprint density at radius 2 is 1.97 bits per heavy atom. The number of aromatic nitrogens is 1. The van der Waals surface area contributed by atoms with Crippen molar-refractivity contribution in [3.8, 4) is 0 Å². The van der Waals surface area contributed by atoms with Crippen LogP contribution >= 0.6 is 0 Å². The van der Waals surface area contributed by atoms with Gasteiger partial charge in [0.1, 0.15) is 17.6 Å². The van der Waals surface area contributed by atoms with E-state index >= 15 is 0 Å². The summed E-state index contributed by atoms with van der Waals surface area (Å²) in [6, 6.07) is 13.5. The Labute approximate surface area is 168 Å². The number of likely N-dealkylation sites (tertiary alicyclic amines) is 1. The first-order valence-corrected chi connectivity index (χ1v) is 9.26. The number of aryl methyl sites for hydroxylation is 2. The zero-order valence-corrected chi connectivity index (χ0v) is 16.1. The maximum Gasteiger partial charge on any atom is 0.296 e. The highest BCUT2D eigenvalue weighted by atomic mass is 16.3. The lowest BCUT2D eigenvalue weighted by Crippen LogP contribution is -2.29. The fourth-order valence-electron chi connectivity index (χ4n) is 3.59. The Bertz CT molecular complexity index is 1100. The van der Waals surface area contributed by atoms with Crippen LogP contribution in [0.4, 0.5) is 0 Å². The summed E-state index contributed by atoms with van der Waals surface area (Å²) in [7, 11) is 0. The normalized spacial score (nSPS) is 18.4. The molecule has 0 spiro atoms. The van der Waals surface area contributed by atoms with Crippen molar-refractivity contribution in [3.05, 3.63) is 94.7 Å². The standard InChI is InChI=1S/C23H20N2O4/c1-14-8-9-15(2)17(12-14)21(26)19-20(18-7-5-11-29-18)25(23(28)22(19)27)13-16-6-3-4-10-24-16/h3-12,20,26H,13H2,1-2H3/b21-19-. The van der Waals surface area contributed by atoms with Crippen LogP contribution in [0.2, 0.25) is 0 Å². The number of hydrogen-bond acceptors (Lipinski definition) is 5.